The third-order valence-electron chi connectivity index (χ3n) is 2.63. The zero-order valence-corrected chi connectivity index (χ0v) is 7.22. The van der Waals surface area contributed by atoms with Crippen molar-refractivity contribution in [3.05, 3.63) is 0 Å². The minimum absolute atomic E-state index is 0.00998. The van der Waals surface area contributed by atoms with Gasteiger partial charge in [-0.15, -0.1) is 0 Å². The maximum Gasteiger partial charge on any atom is 0.0543 e. The molecule has 0 bridgehead atoms. The van der Waals surface area contributed by atoms with Crippen LogP contribution in [0.3, 0.4) is 0 Å². The Bertz CT molecular complexity index is 112. The summed E-state index contributed by atoms with van der Waals surface area (Å²) in [6.45, 7) is 6.78. The number of aliphatic hydroxyl groups is 1. The van der Waals surface area contributed by atoms with Gasteiger partial charge in [0.25, 0.3) is 0 Å². The average molecular weight is 142 g/mol. The Labute approximate surface area is 63.4 Å². The Hall–Kier alpha value is -0.0400. The van der Waals surface area contributed by atoms with Gasteiger partial charge in [-0.05, 0) is 30.6 Å². The van der Waals surface area contributed by atoms with Gasteiger partial charge in [0.05, 0.1) is 6.10 Å². The lowest BCUT2D eigenvalue weighted by Crippen LogP contribution is -2.18. The van der Waals surface area contributed by atoms with E-state index in [2.05, 4.69) is 20.8 Å². The highest BCUT2D eigenvalue weighted by atomic mass is 16.3. The highest BCUT2D eigenvalue weighted by Crippen LogP contribution is 2.38. The zero-order chi connectivity index (χ0) is 7.78. The van der Waals surface area contributed by atoms with E-state index in [1.54, 1.807) is 0 Å². The minimum atomic E-state index is -0.00998. The van der Waals surface area contributed by atoms with Crippen molar-refractivity contribution in [3.63, 3.8) is 0 Å². The van der Waals surface area contributed by atoms with E-state index in [1.165, 1.54) is 6.42 Å². The van der Waals surface area contributed by atoms with Crippen molar-refractivity contribution in [1.29, 1.82) is 0 Å². The van der Waals surface area contributed by atoms with Crippen molar-refractivity contribution >= 4 is 0 Å². The summed E-state index contributed by atoms with van der Waals surface area (Å²) >= 11 is 0. The molecule has 1 unspecified atom stereocenters. The molecular weight excluding hydrogens is 124 g/mol. The molecule has 1 aliphatic carbocycles. The van der Waals surface area contributed by atoms with Crippen LogP contribution in [0.1, 0.15) is 40.0 Å². The van der Waals surface area contributed by atoms with Crippen LogP contribution >= 0.6 is 0 Å². The first-order chi connectivity index (χ1) is 4.50. The van der Waals surface area contributed by atoms with E-state index in [0.717, 1.165) is 18.8 Å². The molecule has 0 radical (unpaired) electrons. The topological polar surface area (TPSA) is 20.2 Å². The van der Waals surface area contributed by atoms with E-state index in [-0.39, 0.29) is 6.10 Å². The molecule has 0 aliphatic heterocycles. The molecule has 1 aliphatic rings. The summed E-state index contributed by atoms with van der Waals surface area (Å²) in [5.74, 6) is 0.738. The van der Waals surface area contributed by atoms with Crippen LogP contribution in [0.4, 0.5) is 0 Å². The fraction of sp³-hybridized carbons (Fsp3) is 1.00. The molecule has 1 N–H and O–H groups in total. The van der Waals surface area contributed by atoms with E-state index in [9.17, 15) is 5.11 Å². The largest absolute Gasteiger partial charge is 0.393 e. The monoisotopic (exact) mass is 142 g/mol. The second kappa shape index (κ2) is 2.54. The van der Waals surface area contributed by atoms with Crippen molar-refractivity contribution in [2.75, 3.05) is 0 Å². The molecule has 0 aromatic heterocycles. The molecule has 0 amide bonds. The van der Waals surface area contributed by atoms with Gasteiger partial charge in [-0.25, -0.2) is 0 Å². The normalized spacial score (nSPS) is 34.8. The third kappa shape index (κ3) is 1.72. The van der Waals surface area contributed by atoms with Crippen molar-refractivity contribution in [1.82, 2.24) is 0 Å². The maximum atomic E-state index is 9.26. The summed E-state index contributed by atoms with van der Waals surface area (Å²) in [6.07, 6.45) is 3.24. The molecule has 1 saturated carbocycles. The Balaban J connectivity index is 2.45. The molecule has 2 atom stereocenters. The summed E-state index contributed by atoms with van der Waals surface area (Å²) in [4.78, 5) is 0. The molecule has 1 rings (SSSR count). The molecule has 1 nitrogen and oxygen atoms in total. The summed E-state index contributed by atoms with van der Waals surface area (Å²) in [7, 11) is 0. The molecular formula is C9H18O. The van der Waals surface area contributed by atoms with Gasteiger partial charge in [-0.3, -0.25) is 0 Å². The number of aliphatic hydroxyl groups excluding tert-OH is 1. The summed E-state index contributed by atoms with van der Waals surface area (Å²) in [5.41, 5.74) is 0.400. The van der Waals surface area contributed by atoms with Gasteiger partial charge in [0.2, 0.25) is 0 Å². The number of hydrogen-bond donors (Lipinski definition) is 1. The smallest absolute Gasteiger partial charge is 0.0543 e. The molecule has 0 aromatic carbocycles. The van der Waals surface area contributed by atoms with Gasteiger partial charge in [-0.1, -0.05) is 20.8 Å². The van der Waals surface area contributed by atoms with Crippen LogP contribution in [-0.2, 0) is 0 Å². The maximum absolute atomic E-state index is 9.26. The predicted octanol–water partition coefficient (Wildman–Crippen LogP) is 2.19. The van der Waals surface area contributed by atoms with E-state index in [1.807, 2.05) is 0 Å². The summed E-state index contributed by atoms with van der Waals surface area (Å²) < 4.78 is 0. The van der Waals surface area contributed by atoms with Crippen LogP contribution in [0.5, 0.6) is 0 Å². The van der Waals surface area contributed by atoms with Crippen LogP contribution in [0, 0.1) is 11.3 Å². The summed E-state index contributed by atoms with van der Waals surface area (Å²) in [6, 6.07) is 0. The Morgan fingerprint density at radius 1 is 1.20 bits per heavy atom. The Morgan fingerprint density at radius 2 is 1.80 bits per heavy atom. The van der Waals surface area contributed by atoms with Crippen molar-refractivity contribution in [2.45, 2.75) is 46.1 Å². The highest BCUT2D eigenvalue weighted by molar-refractivity contribution is 4.82. The second-order valence-corrected chi connectivity index (χ2v) is 4.53. The van der Waals surface area contributed by atoms with Gasteiger partial charge in [0.1, 0.15) is 0 Å². The second-order valence-electron chi connectivity index (χ2n) is 4.53. The number of rotatable bonds is 0. The molecule has 0 aromatic rings. The van der Waals surface area contributed by atoms with Crippen molar-refractivity contribution in [3.8, 4) is 0 Å². The fourth-order valence-electron chi connectivity index (χ4n) is 1.74. The zero-order valence-electron chi connectivity index (χ0n) is 7.22. The first kappa shape index (κ1) is 8.06. The molecule has 0 saturated heterocycles. The highest BCUT2D eigenvalue weighted by Gasteiger charge is 2.31. The van der Waals surface area contributed by atoms with Gasteiger partial charge in [0.15, 0.2) is 0 Å². The van der Waals surface area contributed by atoms with E-state index < -0.39 is 0 Å². The quantitative estimate of drug-likeness (QED) is 0.549. The van der Waals surface area contributed by atoms with Gasteiger partial charge < -0.3 is 5.11 Å². The van der Waals surface area contributed by atoms with E-state index >= 15 is 0 Å². The SMILES string of the molecule is CC(C)(C)C1CC[C@H](O)C1. The van der Waals surface area contributed by atoms with Gasteiger partial charge in [0, 0.05) is 0 Å². The molecule has 60 valence electrons. The molecule has 10 heavy (non-hydrogen) atoms. The lowest BCUT2D eigenvalue weighted by molar-refractivity contribution is 0.158. The van der Waals surface area contributed by atoms with Crippen molar-refractivity contribution < 1.29 is 5.11 Å². The number of hydrogen-bond acceptors (Lipinski definition) is 1. The average Bonchev–Trinajstić information content (AvgIpc) is 2.11. The van der Waals surface area contributed by atoms with Crippen LogP contribution in [-0.4, -0.2) is 11.2 Å². The van der Waals surface area contributed by atoms with Gasteiger partial charge >= 0.3 is 0 Å². The lowest BCUT2D eigenvalue weighted by Gasteiger charge is -2.26. The first-order valence-corrected chi connectivity index (χ1v) is 4.18. The van der Waals surface area contributed by atoms with Crippen LogP contribution in [0.25, 0.3) is 0 Å². The molecule has 1 fully saturated rings. The van der Waals surface area contributed by atoms with Crippen LogP contribution in [0.2, 0.25) is 0 Å². The van der Waals surface area contributed by atoms with Crippen LogP contribution < -0.4 is 0 Å². The molecule has 0 heterocycles. The third-order valence-corrected chi connectivity index (χ3v) is 2.63. The van der Waals surface area contributed by atoms with Gasteiger partial charge in [-0.2, -0.15) is 0 Å². The van der Waals surface area contributed by atoms with E-state index in [0.29, 0.717) is 5.41 Å². The van der Waals surface area contributed by atoms with Crippen molar-refractivity contribution in [2.24, 2.45) is 11.3 Å². The summed E-state index contributed by atoms with van der Waals surface area (Å²) in [5, 5.41) is 9.26. The predicted molar refractivity (Wildman–Crippen MR) is 42.8 cm³/mol. The lowest BCUT2D eigenvalue weighted by atomic mass is 9.80. The minimum Gasteiger partial charge on any atom is -0.393 e. The molecule has 1 heteroatoms. The standard InChI is InChI=1S/C9H18O/c1-9(2,3)7-4-5-8(10)6-7/h7-8,10H,4-6H2,1-3H3/t7?,8-/m0/s1. The first-order valence-electron chi connectivity index (χ1n) is 4.18. The Kier molecular flexibility index (Phi) is 2.04. The fourth-order valence-corrected chi connectivity index (χ4v) is 1.74. The Morgan fingerprint density at radius 3 is 2.00 bits per heavy atom. The van der Waals surface area contributed by atoms with E-state index in [4.69, 9.17) is 0 Å². The molecule has 0 spiro atoms. The van der Waals surface area contributed by atoms with Crippen LogP contribution in [0.15, 0.2) is 0 Å².